The van der Waals surface area contributed by atoms with Crippen molar-refractivity contribution < 1.29 is 4.39 Å². The molecule has 2 rings (SSSR count). The predicted octanol–water partition coefficient (Wildman–Crippen LogP) is 3.56. The van der Waals surface area contributed by atoms with Gasteiger partial charge in [0.05, 0.1) is 0 Å². The van der Waals surface area contributed by atoms with Crippen molar-refractivity contribution in [3.05, 3.63) is 36.3 Å². The summed E-state index contributed by atoms with van der Waals surface area (Å²) in [5.41, 5.74) is 1.27. The number of hydrogen-bond donors (Lipinski definition) is 1. The van der Waals surface area contributed by atoms with E-state index in [9.17, 15) is 4.39 Å². The molecule has 1 N–H and O–H groups in total. The van der Waals surface area contributed by atoms with Crippen molar-refractivity contribution in [3.63, 3.8) is 0 Å². The second-order valence-electron chi connectivity index (χ2n) is 5.74. The third-order valence-electron chi connectivity index (χ3n) is 2.96. The summed E-state index contributed by atoms with van der Waals surface area (Å²) in [7, 11) is 0. The first-order valence-corrected chi connectivity index (χ1v) is 6.45. The average Bonchev–Trinajstić information content (AvgIpc) is 2.65. The molecule has 0 bridgehead atoms. The summed E-state index contributed by atoms with van der Waals surface area (Å²) in [6.45, 7) is 8.45. The molecule has 0 aliphatic rings. The first-order chi connectivity index (χ1) is 8.46. The molecule has 1 aromatic carbocycles. The highest BCUT2D eigenvalue weighted by atomic mass is 19.1. The summed E-state index contributed by atoms with van der Waals surface area (Å²) in [5, 5.41) is 4.44. The second-order valence-corrected chi connectivity index (χ2v) is 5.74. The third kappa shape index (κ3) is 3.33. The minimum absolute atomic E-state index is 0.169. The quantitative estimate of drug-likeness (QED) is 0.819. The van der Waals surface area contributed by atoms with Gasteiger partial charge in [-0.15, -0.1) is 0 Å². The summed E-state index contributed by atoms with van der Waals surface area (Å²) in [5.74, 6) is -0.172. The molecule has 1 heterocycles. The van der Waals surface area contributed by atoms with Crippen LogP contribution in [-0.2, 0) is 6.54 Å². The highest BCUT2D eigenvalue weighted by Crippen LogP contribution is 2.17. The first kappa shape index (κ1) is 13.1. The van der Waals surface area contributed by atoms with Crippen molar-refractivity contribution in [3.8, 4) is 0 Å². The molecular weight excluding hydrogens is 227 g/mol. The monoisotopic (exact) mass is 248 g/mol. The highest BCUT2D eigenvalue weighted by Gasteiger charge is 2.07. The molecule has 0 saturated heterocycles. The van der Waals surface area contributed by atoms with E-state index in [0.717, 1.165) is 30.4 Å². The lowest BCUT2D eigenvalue weighted by Gasteiger charge is -2.20. The zero-order valence-electron chi connectivity index (χ0n) is 11.3. The minimum Gasteiger partial charge on any atom is -0.347 e. The standard InChI is InChI=1S/C15H21FN2/c1-15(2,3)17-8-4-9-18-10-7-12-11-13(16)5-6-14(12)18/h5-7,10-11,17H,4,8-9H2,1-3H3. The molecular formula is C15H21FN2. The smallest absolute Gasteiger partial charge is 0.123 e. The van der Waals surface area contributed by atoms with Crippen LogP contribution in [0.4, 0.5) is 4.39 Å². The average molecular weight is 248 g/mol. The Balaban J connectivity index is 1.96. The van der Waals surface area contributed by atoms with E-state index >= 15 is 0 Å². The molecule has 1 aromatic heterocycles. The summed E-state index contributed by atoms with van der Waals surface area (Å²) < 4.78 is 15.2. The van der Waals surface area contributed by atoms with Crippen LogP contribution in [0, 0.1) is 5.82 Å². The maximum atomic E-state index is 13.1. The summed E-state index contributed by atoms with van der Waals surface area (Å²) in [6.07, 6.45) is 3.10. The predicted molar refractivity (Wildman–Crippen MR) is 74.3 cm³/mol. The van der Waals surface area contributed by atoms with Crippen molar-refractivity contribution in [1.82, 2.24) is 9.88 Å². The largest absolute Gasteiger partial charge is 0.347 e. The first-order valence-electron chi connectivity index (χ1n) is 6.45. The Hall–Kier alpha value is -1.35. The Kier molecular flexibility index (Phi) is 3.71. The van der Waals surface area contributed by atoms with Gasteiger partial charge >= 0.3 is 0 Å². The van der Waals surface area contributed by atoms with Crippen LogP contribution in [0.15, 0.2) is 30.5 Å². The molecule has 0 unspecified atom stereocenters. The number of hydrogen-bond acceptors (Lipinski definition) is 1. The maximum absolute atomic E-state index is 13.1. The lowest BCUT2D eigenvalue weighted by atomic mass is 10.1. The fourth-order valence-electron chi connectivity index (χ4n) is 2.08. The molecule has 2 aromatic rings. The molecule has 3 heteroatoms. The van der Waals surface area contributed by atoms with Gasteiger partial charge in [0.15, 0.2) is 0 Å². The lowest BCUT2D eigenvalue weighted by Crippen LogP contribution is -2.36. The molecule has 0 aliphatic heterocycles. The fourth-order valence-corrected chi connectivity index (χ4v) is 2.08. The summed E-state index contributed by atoms with van der Waals surface area (Å²) in [4.78, 5) is 0. The molecule has 98 valence electrons. The van der Waals surface area contributed by atoms with Crippen molar-refractivity contribution in [2.45, 2.75) is 39.3 Å². The molecule has 0 radical (unpaired) electrons. The van der Waals surface area contributed by atoms with Gasteiger partial charge in [-0.2, -0.15) is 0 Å². The molecule has 0 aliphatic carbocycles. The Morgan fingerprint density at radius 2 is 2.00 bits per heavy atom. The van der Waals surface area contributed by atoms with E-state index in [-0.39, 0.29) is 11.4 Å². The molecule has 0 spiro atoms. The van der Waals surface area contributed by atoms with Crippen molar-refractivity contribution >= 4 is 10.9 Å². The Bertz CT molecular complexity index is 523. The van der Waals surface area contributed by atoms with Gasteiger partial charge in [0.2, 0.25) is 0 Å². The van der Waals surface area contributed by atoms with Crippen LogP contribution >= 0.6 is 0 Å². The van der Waals surface area contributed by atoms with Crippen LogP contribution in [0.25, 0.3) is 10.9 Å². The summed E-state index contributed by atoms with van der Waals surface area (Å²) >= 11 is 0. The fraction of sp³-hybridized carbons (Fsp3) is 0.467. The van der Waals surface area contributed by atoms with E-state index in [2.05, 4.69) is 30.7 Å². The maximum Gasteiger partial charge on any atom is 0.123 e. The van der Waals surface area contributed by atoms with E-state index in [1.165, 1.54) is 6.07 Å². The van der Waals surface area contributed by atoms with E-state index < -0.39 is 0 Å². The molecule has 0 saturated carbocycles. The van der Waals surface area contributed by atoms with Crippen molar-refractivity contribution in [1.29, 1.82) is 0 Å². The van der Waals surface area contributed by atoms with Gasteiger partial charge in [0, 0.05) is 29.2 Å². The van der Waals surface area contributed by atoms with Gasteiger partial charge in [0.1, 0.15) is 5.82 Å². The van der Waals surface area contributed by atoms with Crippen LogP contribution in [0.5, 0.6) is 0 Å². The van der Waals surface area contributed by atoms with Gasteiger partial charge in [0.25, 0.3) is 0 Å². The number of nitrogens with zero attached hydrogens (tertiary/aromatic N) is 1. The second kappa shape index (κ2) is 5.11. The van der Waals surface area contributed by atoms with Gasteiger partial charge in [-0.25, -0.2) is 4.39 Å². The number of nitrogens with one attached hydrogen (secondary N) is 1. The van der Waals surface area contributed by atoms with E-state index in [4.69, 9.17) is 0 Å². The van der Waals surface area contributed by atoms with Gasteiger partial charge in [-0.3, -0.25) is 0 Å². The van der Waals surface area contributed by atoms with Crippen LogP contribution in [0.2, 0.25) is 0 Å². The number of halogens is 1. The number of benzene rings is 1. The van der Waals surface area contributed by atoms with E-state index in [1.54, 1.807) is 6.07 Å². The van der Waals surface area contributed by atoms with Crippen LogP contribution in [0.3, 0.4) is 0 Å². The van der Waals surface area contributed by atoms with Gasteiger partial charge < -0.3 is 9.88 Å². The Morgan fingerprint density at radius 1 is 1.22 bits per heavy atom. The number of rotatable bonds is 4. The van der Waals surface area contributed by atoms with Gasteiger partial charge in [-0.05, 0) is 58.0 Å². The van der Waals surface area contributed by atoms with Crippen molar-refractivity contribution in [2.75, 3.05) is 6.54 Å². The molecule has 0 fully saturated rings. The van der Waals surface area contributed by atoms with E-state index in [1.807, 2.05) is 18.3 Å². The number of aryl methyl sites for hydroxylation is 1. The Morgan fingerprint density at radius 3 is 2.72 bits per heavy atom. The van der Waals surface area contributed by atoms with Crippen LogP contribution in [0.1, 0.15) is 27.2 Å². The van der Waals surface area contributed by atoms with Crippen molar-refractivity contribution in [2.24, 2.45) is 0 Å². The molecule has 0 atom stereocenters. The number of fused-ring (bicyclic) bond motifs is 1. The Labute approximate surface area is 108 Å². The normalized spacial score (nSPS) is 12.2. The summed E-state index contributed by atoms with van der Waals surface area (Å²) in [6, 6.07) is 6.92. The van der Waals surface area contributed by atoms with E-state index in [0.29, 0.717) is 0 Å². The SMILES string of the molecule is CC(C)(C)NCCCn1ccc2cc(F)ccc21. The number of aromatic nitrogens is 1. The van der Waals surface area contributed by atoms with Crippen LogP contribution in [-0.4, -0.2) is 16.7 Å². The highest BCUT2D eigenvalue weighted by molar-refractivity contribution is 5.80. The topological polar surface area (TPSA) is 17.0 Å². The van der Waals surface area contributed by atoms with Crippen LogP contribution < -0.4 is 5.32 Å². The molecule has 2 nitrogen and oxygen atoms in total. The zero-order chi connectivity index (χ0) is 13.2. The zero-order valence-corrected chi connectivity index (χ0v) is 11.3. The third-order valence-corrected chi connectivity index (χ3v) is 2.96. The lowest BCUT2D eigenvalue weighted by molar-refractivity contribution is 0.414. The van der Waals surface area contributed by atoms with Gasteiger partial charge in [-0.1, -0.05) is 0 Å². The minimum atomic E-state index is -0.172. The molecule has 18 heavy (non-hydrogen) atoms. The molecule has 0 amide bonds.